The first-order valence-electron chi connectivity index (χ1n) is 10.1. The van der Waals surface area contributed by atoms with Gasteiger partial charge in [-0.2, -0.15) is 0 Å². The van der Waals surface area contributed by atoms with Crippen LogP contribution in [0.5, 0.6) is 5.75 Å². The zero-order valence-corrected chi connectivity index (χ0v) is 16.2. The van der Waals surface area contributed by atoms with Gasteiger partial charge in [-0.25, -0.2) is 4.90 Å². The molecule has 5 heteroatoms. The van der Waals surface area contributed by atoms with Crippen LogP contribution in [-0.2, 0) is 9.59 Å². The normalized spacial score (nSPS) is 21.3. The molecule has 146 valence electrons. The summed E-state index contributed by atoms with van der Waals surface area (Å²) in [6.07, 6.45) is 2.29. The quantitative estimate of drug-likeness (QED) is 0.746. The molecule has 0 N–H and O–H groups in total. The van der Waals surface area contributed by atoms with Crippen molar-refractivity contribution in [2.45, 2.75) is 38.1 Å². The molecule has 4 rings (SSSR count). The third-order valence-electron chi connectivity index (χ3n) is 5.75. The van der Waals surface area contributed by atoms with Gasteiger partial charge in [0, 0.05) is 6.07 Å². The van der Waals surface area contributed by atoms with E-state index in [9.17, 15) is 9.59 Å². The smallest absolute Gasteiger partial charge is 0.251 e. The Hall–Kier alpha value is -2.66. The molecular formula is C23H26N2O3. The van der Waals surface area contributed by atoms with Crippen LogP contribution in [0, 0.1) is 0 Å². The SMILES string of the molecule is CCOc1cccc(N2C(=O)C[C@H](N3CCC(c4ccccc4)CC3)C2=O)c1. The van der Waals surface area contributed by atoms with Crippen LogP contribution in [-0.4, -0.2) is 42.5 Å². The summed E-state index contributed by atoms with van der Waals surface area (Å²) in [6.45, 7) is 4.14. The molecule has 0 bridgehead atoms. The molecule has 2 heterocycles. The average Bonchev–Trinajstić information content (AvgIpc) is 3.03. The predicted molar refractivity (Wildman–Crippen MR) is 108 cm³/mol. The van der Waals surface area contributed by atoms with Gasteiger partial charge in [-0.05, 0) is 56.5 Å². The first kappa shape index (κ1) is 18.7. The van der Waals surface area contributed by atoms with Crippen LogP contribution in [0.3, 0.4) is 0 Å². The molecule has 0 aliphatic carbocycles. The highest BCUT2D eigenvalue weighted by Gasteiger charge is 2.43. The fourth-order valence-corrected chi connectivity index (χ4v) is 4.32. The lowest BCUT2D eigenvalue weighted by molar-refractivity contribution is -0.123. The van der Waals surface area contributed by atoms with Crippen LogP contribution in [0.4, 0.5) is 5.69 Å². The monoisotopic (exact) mass is 378 g/mol. The number of hydrogen-bond donors (Lipinski definition) is 0. The van der Waals surface area contributed by atoms with Crippen molar-refractivity contribution in [3.05, 3.63) is 60.2 Å². The minimum absolute atomic E-state index is 0.114. The lowest BCUT2D eigenvalue weighted by Crippen LogP contribution is -2.45. The average molecular weight is 378 g/mol. The number of ether oxygens (including phenoxy) is 1. The van der Waals surface area contributed by atoms with E-state index in [1.165, 1.54) is 10.5 Å². The summed E-state index contributed by atoms with van der Waals surface area (Å²) >= 11 is 0. The molecule has 1 atom stereocenters. The largest absolute Gasteiger partial charge is 0.494 e. The Kier molecular flexibility index (Phi) is 5.44. The van der Waals surface area contributed by atoms with Gasteiger partial charge in [0.25, 0.3) is 5.91 Å². The van der Waals surface area contributed by atoms with Gasteiger partial charge in [0.15, 0.2) is 0 Å². The van der Waals surface area contributed by atoms with Crippen molar-refractivity contribution in [1.82, 2.24) is 4.90 Å². The third-order valence-corrected chi connectivity index (χ3v) is 5.75. The summed E-state index contributed by atoms with van der Waals surface area (Å²) in [5, 5.41) is 0. The molecule has 0 saturated carbocycles. The van der Waals surface area contributed by atoms with Crippen LogP contribution in [0.15, 0.2) is 54.6 Å². The summed E-state index contributed by atoms with van der Waals surface area (Å²) in [4.78, 5) is 29.2. The van der Waals surface area contributed by atoms with E-state index in [2.05, 4.69) is 29.2 Å². The van der Waals surface area contributed by atoms with Crippen molar-refractivity contribution in [2.75, 3.05) is 24.6 Å². The molecule has 0 radical (unpaired) electrons. The molecule has 0 unspecified atom stereocenters. The fraction of sp³-hybridized carbons (Fsp3) is 0.391. The highest BCUT2D eigenvalue weighted by atomic mass is 16.5. The molecule has 0 spiro atoms. The lowest BCUT2D eigenvalue weighted by Gasteiger charge is -2.35. The molecule has 2 aliphatic heterocycles. The van der Waals surface area contributed by atoms with E-state index >= 15 is 0 Å². The molecule has 2 fully saturated rings. The maximum Gasteiger partial charge on any atom is 0.251 e. The molecule has 2 amide bonds. The molecular weight excluding hydrogens is 352 g/mol. The number of nitrogens with zero attached hydrogens (tertiary/aromatic N) is 2. The maximum atomic E-state index is 13.1. The summed E-state index contributed by atoms with van der Waals surface area (Å²) < 4.78 is 5.51. The first-order chi connectivity index (χ1) is 13.7. The molecule has 0 aromatic heterocycles. The number of carbonyl (C=O) groups excluding carboxylic acids is 2. The van der Waals surface area contributed by atoms with Crippen LogP contribution in [0.1, 0.15) is 37.7 Å². The topological polar surface area (TPSA) is 49.9 Å². The molecule has 28 heavy (non-hydrogen) atoms. The Balaban J connectivity index is 1.44. The Morgan fingerprint density at radius 3 is 2.46 bits per heavy atom. The summed E-state index contributed by atoms with van der Waals surface area (Å²) in [5.41, 5.74) is 1.97. The molecule has 2 aromatic carbocycles. The Bertz CT molecular complexity index is 844. The van der Waals surface area contributed by atoms with Gasteiger partial charge in [0.2, 0.25) is 5.91 Å². The Morgan fingerprint density at radius 2 is 1.75 bits per heavy atom. The van der Waals surface area contributed by atoms with Gasteiger partial charge >= 0.3 is 0 Å². The number of anilines is 1. The molecule has 5 nitrogen and oxygen atoms in total. The minimum atomic E-state index is -0.347. The second-order valence-corrected chi connectivity index (χ2v) is 7.44. The number of benzene rings is 2. The van der Waals surface area contributed by atoms with E-state index in [4.69, 9.17) is 4.74 Å². The highest BCUT2D eigenvalue weighted by Crippen LogP contribution is 2.33. The van der Waals surface area contributed by atoms with Crippen molar-refractivity contribution < 1.29 is 14.3 Å². The van der Waals surface area contributed by atoms with Crippen LogP contribution < -0.4 is 9.64 Å². The van der Waals surface area contributed by atoms with Gasteiger partial charge in [-0.1, -0.05) is 36.4 Å². The minimum Gasteiger partial charge on any atom is -0.494 e. The number of likely N-dealkylation sites (tertiary alicyclic amines) is 1. The van der Waals surface area contributed by atoms with Gasteiger partial charge in [0.05, 0.1) is 24.8 Å². The predicted octanol–water partition coefficient (Wildman–Crippen LogP) is 3.60. The zero-order valence-electron chi connectivity index (χ0n) is 16.2. The van der Waals surface area contributed by atoms with Gasteiger partial charge in [-0.3, -0.25) is 14.5 Å². The van der Waals surface area contributed by atoms with E-state index < -0.39 is 0 Å². The number of imide groups is 1. The van der Waals surface area contributed by atoms with Crippen molar-refractivity contribution in [1.29, 1.82) is 0 Å². The molecule has 2 aromatic rings. The number of piperidine rings is 1. The second kappa shape index (κ2) is 8.15. The lowest BCUT2D eigenvalue weighted by atomic mass is 9.89. The van der Waals surface area contributed by atoms with Gasteiger partial charge < -0.3 is 4.74 Å². The number of rotatable bonds is 5. The summed E-state index contributed by atoms with van der Waals surface area (Å²) in [5.74, 6) is 0.960. The van der Waals surface area contributed by atoms with Gasteiger partial charge in [0.1, 0.15) is 5.75 Å². The van der Waals surface area contributed by atoms with Crippen molar-refractivity contribution in [3.8, 4) is 5.75 Å². The highest BCUT2D eigenvalue weighted by molar-refractivity contribution is 6.22. The second-order valence-electron chi connectivity index (χ2n) is 7.44. The number of amides is 2. The van der Waals surface area contributed by atoms with E-state index in [0.29, 0.717) is 24.0 Å². The number of hydrogen-bond acceptors (Lipinski definition) is 4. The third kappa shape index (κ3) is 3.67. The van der Waals surface area contributed by atoms with E-state index in [0.717, 1.165) is 25.9 Å². The van der Waals surface area contributed by atoms with E-state index in [1.54, 1.807) is 12.1 Å². The Morgan fingerprint density at radius 1 is 1.00 bits per heavy atom. The van der Waals surface area contributed by atoms with Crippen molar-refractivity contribution in [3.63, 3.8) is 0 Å². The Labute approximate surface area is 165 Å². The summed E-state index contributed by atoms with van der Waals surface area (Å²) in [6, 6.07) is 17.4. The fourth-order valence-electron chi connectivity index (χ4n) is 4.32. The van der Waals surface area contributed by atoms with Gasteiger partial charge in [-0.15, -0.1) is 0 Å². The van der Waals surface area contributed by atoms with Crippen molar-refractivity contribution >= 4 is 17.5 Å². The van der Waals surface area contributed by atoms with E-state index in [-0.39, 0.29) is 24.3 Å². The molecule has 2 aliphatic rings. The standard InChI is InChI=1S/C23H26N2O3/c1-2-28-20-10-6-9-19(15-20)25-22(26)16-21(23(25)27)24-13-11-18(12-14-24)17-7-4-3-5-8-17/h3-10,15,18,21H,2,11-14,16H2,1H3/t21-/m0/s1. The first-order valence-corrected chi connectivity index (χ1v) is 10.1. The maximum absolute atomic E-state index is 13.1. The van der Waals surface area contributed by atoms with E-state index in [1.807, 2.05) is 25.1 Å². The molecule has 2 saturated heterocycles. The van der Waals surface area contributed by atoms with Crippen molar-refractivity contribution in [2.24, 2.45) is 0 Å². The van der Waals surface area contributed by atoms with Crippen LogP contribution in [0.25, 0.3) is 0 Å². The number of carbonyl (C=O) groups is 2. The van der Waals surface area contributed by atoms with Crippen LogP contribution in [0.2, 0.25) is 0 Å². The summed E-state index contributed by atoms with van der Waals surface area (Å²) in [7, 11) is 0. The van der Waals surface area contributed by atoms with Crippen LogP contribution >= 0.6 is 0 Å². The zero-order chi connectivity index (χ0) is 19.5.